The molecule has 8 heteroatoms. The Morgan fingerprint density at radius 1 is 1.57 bits per heavy atom. The van der Waals surface area contributed by atoms with E-state index in [1.807, 2.05) is 6.92 Å². The minimum absolute atomic E-state index is 0.165. The number of rotatable bonds is 3. The van der Waals surface area contributed by atoms with Crippen molar-refractivity contribution >= 4 is 32.7 Å². The lowest BCUT2D eigenvalue weighted by molar-refractivity contribution is 0.350. The smallest absolute Gasteiger partial charge is 0.245 e. The highest BCUT2D eigenvalue weighted by Crippen LogP contribution is 2.35. The first-order chi connectivity index (χ1) is 9.87. The molecule has 0 bridgehead atoms. The molecule has 0 spiro atoms. The number of hydrogen-bond donors (Lipinski definition) is 2. The molecular weight excluding hydrogens is 312 g/mol. The summed E-state index contributed by atoms with van der Waals surface area (Å²) in [6.07, 6.45) is 3.76. The van der Waals surface area contributed by atoms with Crippen LogP contribution in [-0.2, 0) is 10.0 Å². The van der Waals surface area contributed by atoms with Gasteiger partial charge < -0.3 is 10.7 Å². The van der Waals surface area contributed by atoms with Crippen molar-refractivity contribution in [1.29, 1.82) is 0 Å². The molecule has 3 N–H and O–H groups in total. The van der Waals surface area contributed by atoms with Crippen molar-refractivity contribution in [3.8, 4) is 0 Å². The van der Waals surface area contributed by atoms with Gasteiger partial charge in [0.2, 0.25) is 10.0 Å². The molecule has 114 valence electrons. The summed E-state index contributed by atoms with van der Waals surface area (Å²) in [6.45, 7) is 3.37. The number of nitrogens with zero attached hydrogens (tertiary/aromatic N) is 2. The summed E-state index contributed by atoms with van der Waals surface area (Å²) in [6, 6.07) is 1.59. The van der Waals surface area contributed by atoms with E-state index in [0.29, 0.717) is 35.7 Å². The zero-order valence-corrected chi connectivity index (χ0v) is 13.2. The van der Waals surface area contributed by atoms with Gasteiger partial charge in [0.05, 0.1) is 10.4 Å². The highest BCUT2D eigenvalue weighted by atomic mass is 35.5. The highest BCUT2D eigenvalue weighted by molar-refractivity contribution is 7.89. The van der Waals surface area contributed by atoms with Crippen molar-refractivity contribution in [3.05, 3.63) is 23.5 Å². The number of fused-ring (bicyclic) bond motifs is 1. The molecule has 3 rings (SSSR count). The largest absolute Gasteiger partial charge is 0.345 e. The summed E-state index contributed by atoms with van der Waals surface area (Å²) in [5.74, 6) is 0. The minimum Gasteiger partial charge on any atom is -0.345 e. The van der Waals surface area contributed by atoms with Crippen LogP contribution in [0.2, 0.25) is 5.02 Å². The number of halogens is 1. The number of H-pyrrole nitrogens is 1. The zero-order valence-electron chi connectivity index (χ0n) is 11.6. The zero-order chi connectivity index (χ0) is 15.3. The average Bonchev–Trinajstić information content (AvgIpc) is 3.05. The van der Waals surface area contributed by atoms with Crippen LogP contribution in [0.25, 0.3) is 11.0 Å². The molecule has 0 aromatic carbocycles. The van der Waals surface area contributed by atoms with Crippen molar-refractivity contribution in [3.63, 3.8) is 0 Å². The van der Waals surface area contributed by atoms with Gasteiger partial charge in [0.25, 0.3) is 0 Å². The van der Waals surface area contributed by atoms with Gasteiger partial charge >= 0.3 is 0 Å². The Kier molecular flexibility index (Phi) is 3.48. The van der Waals surface area contributed by atoms with Gasteiger partial charge in [-0.05, 0) is 24.4 Å². The maximum absolute atomic E-state index is 12.8. The third-order valence-corrected chi connectivity index (χ3v) is 6.30. The van der Waals surface area contributed by atoms with E-state index in [-0.39, 0.29) is 10.3 Å². The Balaban J connectivity index is 2.06. The second-order valence-corrected chi connectivity index (χ2v) is 8.09. The summed E-state index contributed by atoms with van der Waals surface area (Å²) in [7, 11) is -3.60. The predicted octanol–water partition coefficient (Wildman–Crippen LogP) is 1.58. The van der Waals surface area contributed by atoms with E-state index in [2.05, 4.69) is 9.97 Å². The molecule has 0 aliphatic carbocycles. The van der Waals surface area contributed by atoms with Crippen molar-refractivity contribution in [2.75, 3.05) is 19.6 Å². The van der Waals surface area contributed by atoms with Crippen molar-refractivity contribution in [2.45, 2.75) is 18.2 Å². The fraction of sp³-hybridized carbons (Fsp3) is 0.462. The van der Waals surface area contributed by atoms with Gasteiger partial charge in [-0.25, -0.2) is 13.4 Å². The topological polar surface area (TPSA) is 92.1 Å². The van der Waals surface area contributed by atoms with E-state index < -0.39 is 10.0 Å². The average molecular weight is 329 g/mol. The Bertz CT molecular complexity index is 789. The molecule has 3 heterocycles. The van der Waals surface area contributed by atoms with Gasteiger partial charge in [0.15, 0.2) is 0 Å². The third kappa shape index (κ3) is 2.34. The first-order valence-electron chi connectivity index (χ1n) is 6.69. The van der Waals surface area contributed by atoms with Gasteiger partial charge in [-0.2, -0.15) is 4.31 Å². The van der Waals surface area contributed by atoms with Crippen LogP contribution in [0.1, 0.15) is 13.3 Å². The molecule has 0 radical (unpaired) electrons. The molecule has 0 amide bonds. The normalized spacial score (nSPS) is 24.0. The third-order valence-electron chi connectivity index (χ3n) is 4.12. The van der Waals surface area contributed by atoms with Crippen LogP contribution in [0.4, 0.5) is 0 Å². The fourth-order valence-corrected chi connectivity index (χ4v) is 4.75. The number of nitrogens with two attached hydrogens (primary N) is 1. The van der Waals surface area contributed by atoms with Crippen LogP contribution < -0.4 is 5.73 Å². The lowest BCUT2D eigenvalue weighted by Gasteiger charge is -2.22. The van der Waals surface area contributed by atoms with Crippen LogP contribution in [0.5, 0.6) is 0 Å². The molecule has 1 unspecified atom stereocenters. The summed E-state index contributed by atoms with van der Waals surface area (Å²) in [5.41, 5.74) is 6.06. The second kappa shape index (κ2) is 4.95. The number of aromatic nitrogens is 2. The van der Waals surface area contributed by atoms with Crippen LogP contribution >= 0.6 is 11.6 Å². The lowest BCUT2D eigenvalue weighted by Crippen LogP contribution is -2.34. The monoisotopic (exact) mass is 328 g/mol. The molecule has 2 aromatic rings. The molecule has 0 saturated carbocycles. The number of pyridine rings is 1. The molecule has 6 nitrogen and oxygen atoms in total. The first kappa shape index (κ1) is 14.8. The summed E-state index contributed by atoms with van der Waals surface area (Å²) < 4.78 is 27.2. The van der Waals surface area contributed by atoms with Crippen LogP contribution in [0.3, 0.4) is 0 Å². The Morgan fingerprint density at radius 2 is 2.33 bits per heavy atom. The molecule has 1 aliphatic rings. The van der Waals surface area contributed by atoms with Gasteiger partial charge in [-0.15, -0.1) is 0 Å². The van der Waals surface area contributed by atoms with Crippen molar-refractivity contribution in [2.24, 2.45) is 11.1 Å². The standard InChI is InChI=1S/C13H17ClN4O2S/c1-13(7-15)3-5-18(8-13)21(19,20)10-6-17-12-11(10)9(14)2-4-16-12/h2,4,6H,3,5,7-8,15H2,1H3,(H,16,17). The quantitative estimate of drug-likeness (QED) is 0.894. The highest BCUT2D eigenvalue weighted by Gasteiger charge is 2.40. The van der Waals surface area contributed by atoms with E-state index in [9.17, 15) is 8.42 Å². The van der Waals surface area contributed by atoms with Crippen LogP contribution in [0.15, 0.2) is 23.4 Å². The number of hydrogen-bond acceptors (Lipinski definition) is 4. The van der Waals surface area contributed by atoms with Gasteiger partial charge in [0.1, 0.15) is 10.5 Å². The van der Waals surface area contributed by atoms with Gasteiger partial charge in [-0.3, -0.25) is 0 Å². The van der Waals surface area contributed by atoms with Gasteiger partial charge in [0, 0.05) is 25.5 Å². The molecule has 1 aliphatic heterocycles. The Morgan fingerprint density at radius 3 is 3.00 bits per heavy atom. The molecule has 1 atom stereocenters. The number of aromatic amines is 1. The van der Waals surface area contributed by atoms with Gasteiger partial charge in [-0.1, -0.05) is 18.5 Å². The SMILES string of the molecule is CC1(CN)CCN(S(=O)(=O)c2c[nH]c3nccc(Cl)c23)C1. The Labute approximate surface area is 128 Å². The molecule has 21 heavy (non-hydrogen) atoms. The van der Waals surface area contributed by atoms with Crippen molar-refractivity contribution in [1.82, 2.24) is 14.3 Å². The summed E-state index contributed by atoms with van der Waals surface area (Å²) in [4.78, 5) is 7.15. The minimum atomic E-state index is -3.60. The molecule has 1 fully saturated rings. The van der Waals surface area contributed by atoms with Crippen LogP contribution in [0, 0.1) is 5.41 Å². The second-order valence-electron chi connectivity index (χ2n) is 5.77. The first-order valence-corrected chi connectivity index (χ1v) is 8.51. The predicted molar refractivity (Wildman–Crippen MR) is 81.6 cm³/mol. The van der Waals surface area contributed by atoms with E-state index in [4.69, 9.17) is 17.3 Å². The molecule has 1 saturated heterocycles. The van der Waals surface area contributed by atoms with E-state index >= 15 is 0 Å². The van der Waals surface area contributed by atoms with E-state index in [0.717, 1.165) is 6.42 Å². The van der Waals surface area contributed by atoms with E-state index in [1.165, 1.54) is 10.5 Å². The Hall–Kier alpha value is -1.15. The van der Waals surface area contributed by atoms with Crippen LogP contribution in [-0.4, -0.2) is 42.3 Å². The maximum atomic E-state index is 12.8. The maximum Gasteiger partial charge on any atom is 0.245 e. The summed E-state index contributed by atoms with van der Waals surface area (Å²) >= 11 is 6.14. The van der Waals surface area contributed by atoms with Crippen molar-refractivity contribution < 1.29 is 8.42 Å². The molecular formula is C13H17ClN4O2S. The lowest BCUT2D eigenvalue weighted by atomic mass is 9.90. The number of nitrogens with one attached hydrogen (secondary N) is 1. The summed E-state index contributed by atoms with van der Waals surface area (Å²) in [5, 5.41) is 0.820. The fourth-order valence-electron chi connectivity index (χ4n) is 2.68. The molecule has 2 aromatic heterocycles. The number of sulfonamides is 1. The van der Waals surface area contributed by atoms with E-state index in [1.54, 1.807) is 12.3 Å².